The first kappa shape index (κ1) is 18.4. The van der Waals surface area contributed by atoms with E-state index in [0.717, 1.165) is 11.6 Å². The van der Waals surface area contributed by atoms with Crippen LogP contribution in [0.1, 0.15) is 30.9 Å². The Morgan fingerprint density at radius 3 is 2.60 bits per heavy atom. The SMILES string of the molecule is CC(C)c1cccc(OCC(=O)Nc2ccc(CC(=O)O)c(F)c2)c1. The highest BCUT2D eigenvalue weighted by Crippen LogP contribution is 2.20. The van der Waals surface area contributed by atoms with Gasteiger partial charge in [-0.3, -0.25) is 9.59 Å². The second kappa shape index (κ2) is 8.28. The Balaban J connectivity index is 1.93. The maximum atomic E-state index is 13.8. The van der Waals surface area contributed by atoms with Crippen molar-refractivity contribution in [3.8, 4) is 5.75 Å². The van der Waals surface area contributed by atoms with Crippen LogP contribution in [0.4, 0.5) is 10.1 Å². The molecule has 0 aliphatic heterocycles. The van der Waals surface area contributed by atoms with Gasteiger partial charge in [0, 0.05) is 5.69 Å². The van der Waals surface area contributed by atoms with Gasteiger partial charge in [-0.05, 0) is 41.3 Å². The molecule has 0 saturated heterocycles. The van der Waals surface area contributed by atoms with Crippen molar-refractivity contribution in [3.05, 3.63) is 59.4 Å². The molecule has 2 aromatic rings. The van der Waals surface area contributed by atoms with Crippen LogP contribution in [-0.4, -0.2) is 23.6 Å². The Morgan fingerprint density at radius 1 is 1.20 bits per heavy atom. The highest BCUT2D eigenvalue weighted by atomic mass is 19.1. The van der Waals surface area contributed by atoms with Crippen molar-refractivity contribution in [3.63, 3.8) is 0 Å². The van der Waals surface area contributed by atoms with Crippen LogP contribution in [0, 0.1) is 5.82 Å². The van der Waals surface area contributed by atoms with Crippen molar-refractivity contribution in [2.45, 2.75) is 26.2 Å². The van der Waals surface area contributed by atoms with Gasteiger partial charge in [0.15, 0.2) is 6.61 Å². The summed E-state index contributed by atoms with van der Waals surface area (Å²) < 4.78 is 19.2. The number of anilines is 1. The fourth-order valence-electron chi connectivity index (χ4n) is 2.24. The lowest BCUT2D eigenvalue weighted by Crippen LogP contribution is -2.20. The number of hydrogen-bond acceptors (Lipinski definition) is 3. The highest BCUT2D eigenvalue weighted by molar-refractivity contribution is 5.91. The zero-order chi connectivity index (χ0) is 18.4. The van der Waals surface area contributed by atoms with Gasteiger partial charge in [-0.15, -0.1) is 0 Å². The Bertz CT molecular complexity index is 774. The minimum Gasteiger partial charge on any atom is -0.484 e. The predicted molar refractivity (Wildman–Crippen MR) is 92.4 cm³/mol. The Kier molecular flexibility index (Phi) is 6.11. The summed E-state index contributed by atoms with van der Waals surface area (Å²) in [6.07, 6.45) is -0.407. The summed E-state index contributed by atoms with van der Waals surface area (Å²) >= 11 is 0. The average molecular weight is 345 g/mol. The number of halogens is 1. The maximum absolute atomic E-state index is 13.8. The second-order valence-electron chi connectivity index (χ2n) is 5.94. The summed E-state index contributed by atoms with van der Waals surface area (Å²) in [6.45, 7) is 3.92. The lowest BCUT2D eigenvalue weighted by Gasteiger charge is -2.11. The molecule has 0 spiro atoms. The van der Waals surface area contributed by atoms with Crippen LogP contribution in [0.25, 0.3) is 0 Å². The van der Waals surface area contributed by atoms with Crippen LogP contribution >= 0.6 is 0 Å². The van der Waals surface area contributed by atoms with Crippen LogP contribution < -0.4 is 10.1 Å². The van der Waals surface area contributed by atoms with E-state index in [1.807, 2.05) is 18.2 Å². The number of aliphatic carboxylic acids is 1. The van der Waals surface area contributed by atoms with E-state index in [0.29, 0.717) is 11.7 Å². The molecule has 1 amide bonds. The van der Waals surface area contributed by atoms with Gasteiger partial charge < -0.3 is 15.2 Å². The molecular weight excluding hydrogens is 325 g/mol. The van der Waals surface area contributed by atoms with Gasteiger partial charge in [-0.1, -0.05) is 32.0 Å². The smallest absolute Gasteiger partial charge is 0.307 e. The summed E-state index contributed by atoms with van der Waals surface area (Å²) in [5.74, 6) is -1.28. The molecular formula is C19H20FNO4. The fraction of sp³-hybridized carbons (Fsp3) is 0.263. The number of carbonyl (C=O) groups excluding carboxylic acids is 1. The molecule has 132 valence electrons. The molecule has 6 heteroatoms. The summed E-state index contributed by atoms with van der Waals surface area (Å²) in [5, 5.41) is 11.2. The molecule has 2 rings (SSSR count). The molecule has 0 aliphatic rings. The summed E-state index contributed by atoms with van der Waals surface area (Å²) in [4.78, 5) is 22.5. The van der Waals surface area contributed by atoms with Crippen molar-refractivity contribution >= 4 is 17.6 Å². The minimum absolute atomic E-state index is 0.0623. The van der Waals surface area contributed by atoms with E-state index < -0.39 is 24.1 Å². The number of carbonyl (C=O) groups is 2. The molecule has 0 saturated carbocycles. The largest absolute Gasteiger partial charge is 0.484 e. The van der Waals surface area contributed by atoms with Crippen LogP contribution in [0.3, 0.4) is 0 Å². The van der Waals surface area contributed by atoms with Gasteiger partial charge in [0.25, 0.3) is 5.91 Å². The zero-order valence-corrected chi connectivity index (χ0v) is 14.1. The minimum atomic E-state index is -1.12. The number of hydrogen-bond donors (Lipinski definition) is 2. The van der Waals surface area contributed by atoms with Crippen molar-refractivity contribution in [2.24, 2.45) is 0 Å². The van der Waals surface area contributed by atoms with E-state index in [-0.39, 0.29) is 17.9 Å². The van der Waals surface area contributed by atoms with E-state index in [9.17, 15) is 14.0 Å². The molecule has 0 bridgehead atoms. The first-order valence-corrected chi connectivity index (χ1v) is 7.88. The Labute approximate surface area is 145 Å². The van der Waals surface area contributed by atoms with Gasteiger partial charge in [0.2, 0.25) is 0 Å². The zero-order valence-electron chi connectivity index (χ0n) is 14.1. The third kappa shape index (κ3) is 5.60. The lowest BCUT2D eigenvalue weighted by molar-refractivity contribution is -0.136. The average Bonchev–Trinajstić information content (AvgIpc) is 2.55. The molecule has 0 unspecified atom stereocenters. The van der Waals surface area contributed by atoms with Gasteiger partial charge in [-0.25, -0.2) is 4.39 Å². The van der Waals surface area contributed by atoms with Crippen LogP contribution in [0.5, 0.6) is 5.75 Å². The quantitative estimate of drug-likeness (QED) is 0.804. The number of nitrogens with one attached hydrogen (secondary N) is 1. The summed E-state index contributed by atoms with van der Waals surface area (Å²) in [5.41, 5.74) is 1.41. The lowest BCUT2D eigenvalue weighted by atomic mass is 10.0. The number of benzene rings is 2. The van der Waals surface area contributed by atoms with E-state index >= 15 is 0 Å². The van der Waals surface area contributed by atoms with Crippen LogP contribution in [-0.2, 0) is 16.0 Å². The normalized spacial score (nSPS) is 10.6. The topological polar surface area (TPSA) is 75.6 Å². The van der Waals surface area contributed by atoms with Gasteiger partial charge in [0.05, 0.1) is 6.42 Å². The number of amides is 1. The fourth-order valence-corrected chi connectivity index (χ4v) is 2.24. The second-order valence-corrected chi connectivity index (χ2v) is 5.94. The first-order valence-electron chi connectivity index (χ1n) is 7.88. The highest BCUT2D eigenvalue weighted by Gasteiger charge is 2.10. The molecule has 0 radical (unpaired) electrons. The number of ether oxygens (including phenoxy) is 1. The standard InChI is InChI=1S/C19H20FNO4/c1-12(2)13-4-3-5-16(8-13)25-11-18(22)21-15-7-6-14(9-19(23)24)17(20)10-15/h3-8,10,12H,9,11H2,1-2H3,(H,21,22)(H,23,24). The van der Waals surface area contributed by atoms with Crippen molar-refractivity contribution in [1.82, 2.24) is 0 Å². The monoisotopic (exact) mass is 345 g/mol. The molecule has 2 aromatic carbocycles. The number of carboxylic acids is 1. The Hall–Kier alpha value is -2.89. The van der Waals surface area contributed by atoms with Crippen LogP contribution in [0.15, 0.2) is 42.5 Å². The number of carboxylic acid groups (broad SMARTS) is 1. The molecule has 5 nitrogen and oxygen atoms in total. The van der Waals surface area contributed by atoms with Crippen molar-refractivity contribution in [1.29, 1.82) is 0 Å². The van der Waals surface area contributed by atoms with Gasteiger partial charge >= 0.3 is 5.97 Å². The molecule has 0 heterocycles. The third-order valence-corrected chi connectivity index (χ3v) is 3.57. The number of rotatable bonds is 7. The third-order valence-electron chi connectivity index (χ3n) is 3.57. The van der Waals surface area contributed by atoms with Crippen molar-refractivity contribution in [2.75, 3.05) is 11.9 Å². The summed E-state index contributed by atoms with van der Waals surface area (Å²) in [7, 11) is 0. The van der Waals surface area contributed by atoms with E-state index in [1.54, 1.807) is 6.07 Å². The van der Waals surface area contributed by atoms with Crippen molar-refractivity contribution < 1.29 is 23.8 Å². The van der Waals surface area contributed by atoms with E-state index in [4.69, 9.17) is 9.84 Å². The van der Waals surface area contributed by atoms with Crippen LogP contribution in [0.2, 0.25) is 0 Å². The molecule has 0 fully saturated rings. The molecule has 2 N–H and O–H groups in total. The maximum Gasteiger partial charge on any atom is 0.307 e. The van der Waals surface area contributed by atoms with E-state index in [2.05, 4.69) is 19.2 Å². The predicted octanol–water partition coefficient (Wildman–Crippen LogP) is 3.59. The first-order chi connectivity index (χ1) is 11.8. The molecule has 25 heavy (non-hydrogen) atoms. The Morgan fingerprint density at radius 2 is 1.96 bits per heavy atom. The van der Waals surface area contributed by atoms with E-state index in [1.165, 1.54) is 12.1 Å². The summed E-state index contributed by atoms with van der Waals surface area (Å²) in [6, 6.07) is 11.4. The molecule has 0 aromatic heterocycles. The molecule has 0 aliphatic carbocycles. The van der Waals surface area contributed by atoms with Gasteiger partial charge in [-0.2, -0.15) is 0 Å². The van der Waals surface area contributed by atoms with Gasteiger partial charge in [0.1, 0.15) is 11.6 Å². The molecule has 0 atom stereocenters.